The molecular weight excluding hydrogens is 270 g/mol. The second-order valence-electron chi connectivity index (χ2n) is 7.24. The molecule has 0 aromatic heterocycles. The Morgan fingerprint density at radius 1 is 1.18 bits per heavy atom. The van der Waals surface area contributed by atoms with Crippen LogP contribution in [0.1, 0.15) is 67.2 Å². The highest BCUT2D eigenvalue weighted by atomic mass is 16.6. The molecule has 0 spiro atoms. The summed E-state index contributed by atoms with van der Waals surface area (Å²) in [4.78, 5) is 0. The van der Waals surface area contributed by atoms with Crippen molar-refractivity contribution in [2.24, 2.45) is 5.92 Å². The minimum Gasteiger partial charge on any atom is -0.367 e. The second-order valence-corrected chi connectivity index (χ2v) is 7.24. The smallest absolute Gasteiger partial charge is 0.0949 e. The quantitative estimate of drug-likeness (QED) is 0.249. The summed E-state index contributed by atoms with van der Waals surface area (Å²) in [5.74, 6) is 0.296. The Morgan fingerprint density at radius 2 is 1.82 bits per heavy atom. The van der Waals surface area contributed by atoms with Crippen molar-refractivity contribution >= 4 is 0 Å². The molecule has 22 heavy (non-hydrogen) atoms. The SMILES string of the molecule is C/C(=C\C=C(/C#N)C(C)C)CC/C=C(\C)CCC1OC1(C)C. The third-order valence-electron chi connectivity index (χ3n) is 4.30. The Balaban J connectivity index is 2.33. The van der Waals surface area contributed by atoms with Gasteiger partial charge in [-0.05, 0) is 65.4 Å². The first-order valence-electron chi connectivity index (χ1n) is 8.37. The van der Waals surface area contributed by atoms with Gasteiger partial charge in [-0.3, -0.25) is 0 Å². The highest BCUT2D eigenvalue weighted by Crippen LogP contribution is 2.38. The Hall–Kier alpha value is -1.33. The van der Waals surface area contributed by atoms with Crippen LogP contribution in [0.3, 0.4) is 0 Å². The molecule has 122 valence electrons. The lowest BCUT2D eigenvalue weighted by Crippen LogP contribution is -2.02. The van der Waals surface area contributed by atoms with Gasteiger partial charge < -0.3 is 4.74 Å². The predicted molar refractivity (Wildman–Crippen MR) is 93.5 cm³/mol. The maximum Gasteiger partial charge on any atom is 0.0949 e. The van der Waals surface area contributed by atoms with Crippen LogP contribution in [0.5, 0.6) is 0 Å². The number of rotatable bonds is 8. The fraction of sp³-hybridized carbons (Fsp3) is 0.650. The predicted octanol–water partition coefficient (Wildman–Crippen LogP) is 5.72. The van der Waals surface area contributed by atoms with E-state index in [2.05, 4.69) is 59.8 Å². The minimum atomic E-state index is 0.112. The summed E-state index contributed by atoms with van der Waals surface area (Å²) < 4.78 is 5.61. The number of epoxide rings is 1. The van der Waals surface area contributed by atoms with E-state index >= 15 is 0 Å². The van der Waals surface area contributed by atoms with Crippen LogP contribution in [0.25, 0.3) is 0 Å². The van der Waals surface area contributed by atoms with Crippen LogP contribution >= 0.6 is 0 Å². The standard InChI is InChI=1S/C20H31NO/c1-15(2)18(14-21)12-10-16(3)8-7-9-17(4)11-13-19-20(5,6)22-19/h9-10,12,15,19H,7-8,11,13H2,1-6H3/b16-10+,17-9+,18-12+. The van der Waals surface area contributed by atoms with Crippen LogP contribution in [0, 0.1) is 17.2 Å². The zero-order chi connectivity index (χ0) is 16.8. The molecule has 1 aliphatic rings. The Kier molecular flexibility index (Phi) is 7.10. The summed E-state index contributed by atoms with van der Waals surface area (Å²) >= 11 is 0. The molecule has 1 aliphatic heterocycles. The van der Waals surface area contributed by atoms with Crippen LogP contribution in [-0.2, 0) is 4.74 Å². The summed E-state index contributed by atoms with van der Waals surface area (Å²) in [6, 6.07) is 2.26. The molecule has 0 aliphatic carbocycles. The molecule has 2 heteroatoms. The highest BCUT2D eigenvalue weighted by Gasteiger charge is 2.46. The molecule has 0 amide bonds. The van der Waals surface area contributed by atoms with Crippen molar-refractivity contribution in [3.63, 3.8) is 0 Å². The number of ether oxygens (including phenoxy) is 1. The van der Waals surface area contributed by atoms with E-state index in [9.17, 15) is 0 Å². The molecule has 1 fully saturated rings. The molecule has 1 heterocycles. The third kappa shape index (κ3) is 6.62. The van der Waals surface area contributed by atoms with Crippen molar-refractivity contribution in [3.8, 4) is 6.07 Å². The molecule has 1 atom stereocenters. The van der Waals surface area contributed by atoms with Gasteiger partial charge in [0.05, 0.1) is 17.8 Å². The van der Waals surface area contributed by atoms with Crippen LogP contribution in [-0.4, -0.2) is 11.7 Å². The zero-order valence-electron chi connectivity index (χ0n) is 15.1. The van der Waals surface area contributed by atoms with E-state index in [0.29, 0.717) is 12.0 Å². The molecule has 0 bridgehead atoms. The molecule has 1 rings (SSSR count). The maximum atomic E-state index is 9.04. The molecule has 1 saturated heterocycles. The van der Waals surface area contributed by atoms with E-state index < -0.39 is 0 Å². The van der Waals surface area contributed by atoms with Crippen molar-refractivity contribution < 1.29 is 4.74 Å². The molecule has 0 N–H and O–H groups in total. The molecule has 2 nitrogen and oxygen atoms in total. The Morgan fingerprint density at radius 3 is 2.32 bits per heavy atom. The number of hydrogen-bond acceptors (Lipinski definition) is 2. The summed E-state index contributed by atoms with van der Waals surface area (Å²) in [6.07, 6.45) is 11.2. The van der Waals surface area contributed by atoms with Crippen molar-refractivity contribution in [2.75, 3.05) is 0 Å². The van der Waals surface area contributed by atoms with Gasteiger partial charge in [0, 0.05) is 5.57 Å². The first-order valence-corrected chi connectivity index (χ1v) is 8.37. The highest BCUT2D eigenvalue weighted by molar-refractivity contribution is 5.28. The summed E-state index contributed by atoms with van der Waals surface area (Å²) in [5, 5.41) is 9.04. The number of hydrogen-bond donors (Lipinski definition) is 0. The van der Waals surface area contributed by atoms with Gasteiger partial charge in [0.1, 0.15) is 0 Å². The lowest BCUT2D eigenvalue weighted by Gasteiger charge is -2.02. The van der Waals surface area contributed by atoms with Crippen molar-refractivity contribution in [1.29, 1.82) is 5.26 Å². The van der Waals surface area contributed by atoms with Gasteiger partial charge in [-0.1, -0.05) is 37.1 Å². The minimum absolute atomic E-state index is 0.112. The average Bonchev–Trinajstić information content (AvgIpc) is 3.04. The lowest BCUT2D eigenvalue weighted by molar-refractivity contribution is 0.320. The van der Waals surface area contributed by atoms with Gasteiger partial charge in [0.15, 0.2) is 0 Å². The molecule has 0 aromatic rings. The molecule has 0 saturated carbocycles. The van der Waals surface area contributed by atoms with Crippen LogP contribution in [0.2, 0.25) is 0 Å². The largest absolute Gasteiger partial charge is 0.367 e. The monoisotopic (exact) mass is 301 g/mol. The van der Waals surface area contributed by atoms with E-state index in [0.717, 1.165) is 31.3 Å². The first-order chi connectivity index (χ1) is 10.3. The number of nitriles is 1. The molecule has 1 unspecified atom stereocenters. The average molecular weight is 301 g/mol. The summed E-state index contributed by atoms with van der Waals surface area (Å²) in [6.45, 7) is 12.8. The van der Waals surface area contributed by atoms with E-state index in [1.165, 1.54) is 11.1 Å². The van der Waals surface area contributed by atoms with Gasteiger partial charge >= 0.3 is 0 Å². The first kappa shape index (κ1) is 18.7. The fourth-order valence-electron chi connectivity index (χ4n) is 2.42. The number of nitrogens with zero attached hydrogens (tertiary/aromatic N) is 1. The number of allylic oxidation sites excluding steroid dienone is 6. The van der Waals surface area contributed by atoms with Crippen molar-refractivity contribution in [3.05, 3.63) is 34.9 Å². The van der Waals surface area contributed by atoms with Gasteiger partial charge in [0.2, 0.25) is 0 Å². The van der Waals surface area contributed by atoms with E-state index in [1.807, 2.05) is 6.08 Å². The van der Waals surface area contributed by atoms with E-state index in [-0.39, 0.29) is 5.60 Å². The second kappa shape index (κ2) is 8.34. The summed E-state index contributed by atoms with van der Waals surface area (Å²) in [5.41, 5.74) is 3.73. The Bertz CT molecular complexity index is 500. The van der Waals surface area contributed by atoms with Gasteiger partial charge in [-0.2, -0.15) is 5.26 Å². The maximum absolute atomic E-state index is 9.04. The van der Waals surface area contributed by atoms with E-state index in [1.54, 1.807) is 0 Å². The van der Waals surface area contributed by atoms with Gasteiger partial charge in [-0.15, -0.1) is 0 Å². The molecule has 0 aromatic carbocycles. The van der Waals surface area contributed by atoms with Crippen LogP contribution in [0.15, 0.2) is 34.9 Å². The van der Waals surface area contributed by atoms with Crippen LogP contribution < -0.4 is 0 Å². The van der Waals surface area contributed by atoms with Gasteiger partial charge in [0.25, 0.3) is 0 Å². The van der Waals surface area contributed by atoms with Gasteiger partial charge in [-0.25, -0.2) is 0 Å². The van der Waals surface area contributed by atoms with Crippen LogP contribution in [0.4, 0.5) is 0 Å². The third-order valence-corrected chi connectivity index (χ3v) is 4.30. The summed E-state index contributed by atoms with van der Waals surface area (Å²) in [7, 11) is 0. The molecule has 0 radical (unpaired) electrons. The fourth-order valence-corrected chi connectivity index (χ4v) is 2.42. The van der Waals surface area contributed by atoms with Crippen molar-refractivity contribution in [2.45, 2.75) is 78.9 Å². The topological polar surface area (TPSA) is 36.3 Å². The zero-order valence-corrected chi connectivity index (χ0v) is 15.1. The van der Waals surface area contributed by atoms with Crippen molar-refractivity contribution in [1.82, 2.24) is 0 Å². The van der Waals surface area contributed by atoms with E-state index in [4.69, 9.17) is 10.00 Å². The Labute approximate surface area is 136 Å². The molecular formula is C20H31NO. The normalized spacial score (nSPS) is 21.9. The lowest BCUT2D eigenvalue weighted by atomic mass is 10.0.